The van der Waals surface area contributed by atoms with Gasteiger partial charge in [0.15, 0.2) is 10.8 Å². The summed E-state index contributed by atoms with van der Waals surface area (Å²) in [5, 5.41) is 5.84. The molecule has 0 bridgehead atoms. The molecule has 4 rings (SSSR count). The van der Waals surface area contributed by atoms with E-state index in [2.05, 4.69) is 26.0 Å². The zero-order valence-corrected chi connectivity index (χ0v) is 18.3. The highest BCUT2D eigenvalue weighted by Crippen LogP contribution is 2.34. The molecule has 1 N–H and O–H groups in total. The second-order valence-corrected chi connectivity index (χ2v) is 8.34. The van der Waals surface area contributed by atoms with Crippen LogP contribution in [0.3, 0.4) is 0 Å². The number of aromatic amines is 1. The van der Waals surface area contributed by atoms with Gasteiger partial charge in [-0.2, -0.15) is 5.10 Å². The predicted octanol–water partition coefficient (Wildman–Crippen LogP) is 4.67. The van der Waals surface area contributed by atoms with E-state index in [0.29, 0.717) is 26.7 Å². The van der Waals surface area contributed by atoms with Crippen LogP contribution in [0, 0.1) is 11.7 Å². The number of esters is 1. The molecule has 0 amide bonds. The molecule has 28 heavy (non-hydrogen) atoms. The Labute approximate surface area is 178 Å². The van der Waals surface area contributed by atoms with Crippen molar-refractivity contribution in [2.45, 2.75) is 39.0 Å². The summed E-state index contributed by atoms with van der Waals surface area (Å²) in [4.78, 5) is 15.9. The number of alkyl halides is 1. The first kappa shape index (κ1) is 19.6. The highest BCUT2D eigenvalue weighted by molar-refractivity contribution is 9.10. The van der Waals surface area contributed by atoms with E-state index in [1.807, 2.05) is 6.92 Å². The van der Waals surface area contributed by atoms with E-state index in [4.69, 9.17) is 28.6 Å². The lowest BCUT2D eigenvalue weighted by atomic mass is 10.1. The third-order valence-electron chi connectivity index (χ3n) is 4.92. The average Bonchev–Trinajstić information content (AvgIpc) is 3.30. The molecule has 3 aromatic rings. The summed E-state index contributed by atoms with van der Waals surface area (Å²) < 4.78 is 23.7. The number of hydrogen-bond donors (Lipinski definition) is 1. The summed E-state index contributed by atoms with van der Waals surface area (Å²) >= 11 is 15.2. The monoisotopic (exact) mass is 486 g/mol. The number of fused-ring (bicyclic) bond motifs is 2. The molecule has 10 heteroatoms. The molecule has 148 valence electrons. The molecule has 2 atom stereocenters. The highest BCUT2D eigenvalue weighted by Gasteiger charge is 2.35. The van der Waals surface area contributed by atoms with Gasteiger partial charge in [0, 0.05) is 28.2 Å². The van der Waals surface area contributed by atoms with Crippen molar-refractivity contribution in [2.75, 3.05) is 6.61 Å². The highest BCUT2D eigenvalue weighted by atomic mass is 79.9. The van der Waals surface area contributed by atoms with Crippen LogP contribution in [0.15, 0.2) is 16.7 Å². The maximum Gasteiger partial charge on any atom is 0.337 e. The Morgan fingerprint density at radius 2 is 2.36 bits per heavy atom. The van der Waals surface area contributed by atoms with E-state index in [1.54, 1.807) is 23.8 Å². The van der Waals surface area contributed by atoms with E-state index in [1.165, 1.54) is 4.68 Å². The molecule has 0 spiro atoms. The molecule has 2 aromatic heterocycles. The van der Waals surface area contributed by atoms with E-state index in [0.717, 1.165) is 15.4 Å². The first-order chi connectivity index (χ1) is 13.3. The van der Waals surface area contributed by atoms with Crippen molar-refractivity contribution in [3.8, 4) is 0 Å². The van der Waals surface area contributed by atoms with Gasteiger partial charge in [-0.3, -0.25) is 4.68 Å². The zero-order chi connectivity index (χ0) is 20.2. The summed E-state index contributed by atoms with van der Waals surface area (Å²) in [7, 11) is 0. The summed E-state index contributed by atoms with van der Waals surface area (Å²) in [6, 6.07) is 0.881. The Bertz CT molecular complexity index is 1150. The molecular formula is C18H17BrClFN4O2S. The fourth-order valence-corrected chi connectivity index (χ4v) is 4.69. The van der Waals surface area contributed by atoms with Crippen molar-refractivity contribution >= 4 is 56.6 Å². The van der Waals surface area contributed by atoms with Crippen LogP contribution < -0.4 is 0 Å². The van der Waals surface area contributed by atoms with Gasteiger partial charge in [0.1, 0.15) is 6.17 Å². The maximum absolute atomic E-state index is 14.0. The Hall–Kier alpha value is -1.71. The number of imidazole rings is 1. The first-order valence-electron chi connectivity index (χ1n) is 8.77. The number of aryl methyl sites for hydroxylation is 1. The second-order valence-electron chi connectivity index (χ2n) is 6.69. The normalized spacial score (nSPS) is 17.1. The molecule has 0 aliphatic carbocycles. The lowest BCUT2D eigenvalue weighted by molar-refractivity contribution is -0.146. The van der Waals surface area contributed by atoms with E-state index >= 15 is 0 Å². The van der Waals surface area contributed by atoms with Crippen LogP contribution in [0.4, 0.5) is 4.39 Å². The van der Waals surface area contributed by atoms with Crippen LogP contribution >= 0.6 is 39.7 Å². The van der Waals surface area contributed by atoms with Crippen LogP contribution in [0.5, 0.6) is 0 Å². The summed E-state index contributed by atoms with van der Waals surface area (Å²) in [6.45, 7) is 4.04. The molecule has 3 heterocycles. The first-order valence-corrected chi connectivity index (χ1v) is 10.4. The number of halogens is 3. The molecule has 1 aliphatic heterocycles. The van der Waals surface area contributed by atoms with Crippen molar-refractivity contribution in [3.05, 3.63) is 43.5 Å². The zero-order valence-electron chi connectivity index (χ0n) is 15.1. The van der Waals surface area contributed by atoms with Crippen molar-refractivity contribution in [1.82, 2.24) is 19.3 Å². The topological polar surface area (TPSA) is 64.8 Å². The Morgan fingerprint density at radius 3 is 3.07 bits per heavy atom. The van der Waals surface area contributed by atoms with Crippen LogP contribution in [0.2, 0.25) is 5.02 Å². The molecular weight excluding hydrogens is 471 g/mol. The Kier molecular flexibility index (Phi) is 5.09. The number of H-pyrrole nitrogens is 1. The van der Waals surface area contributed by atoms with Gasteiger partial charge in [0.05, 0.1) is 29.4 Å². The molecule has 6 nitrogen and oxygen atoms in total. The Morgan fingerprint density at radius 1 is 1.61 bits per heavy atom. The predicted molar refractivity (Wildman–Crippen MR) is 110 cm³/mol. The molecule has 0 radical (unpaired) electrons. The summed E-state index contributed by atoms with van der Waals surface area (Å²) in [5.74, 6) is -0.495. The van der Waals surface area contributed by atoms with Crippen LogP contribution in [0.25, 0.3) is 10.9 Å². The third kappa shape index (κ3) is 3.09. The van der Waals surface area contributed by atoms with E-state index in [9.17, 15) is 9.18 Å². The number of carbonyl (C=O) groups excluding carboxylic acids is 1. The molecule has 0 saturated heterocycles. The third-order valence-corrected chi connectivity index (χ3v) is 6.38. The number of ether oxygens (including phenoxy) is 1. The minimum atomic E-state index is -1.03. The van der Waals surface area contributed by atoms with Crippen LogP contribution in [0.1, 0.15) is 29.9 Å². The second kappa shape index (κ2) is 7.27. The Balaban J connectivity index is 1.92. The van der Waals surface area contributed by atoms with Crippen molar-refractivity contribution in [1.29, 1.82) is 0 Å². The van der Waals surface area contributed by atoms with Gasteiger partial charge in [0.25, 0.3) is 0 Å². The van der Waals surface area contributed by atoms with Gasteiger partial charge >= 0.3 is 5.97 Å². The molecule has 1 aliphatic rings. The fraction of sp³-hybridized carbons (Fsp3) is 0.389. The largest absolute Gasteiger partial charge is 0.464 e. The van der Waals surface area contributed by atoms with Crippen molar-refractivity contribution in [3.63, 3.8) is 0 Å². The average molecular weight is 488 g/mol. The number of rotatable bonds is 4. The number of nitrogens with zero attached hydrogens (tertiary/aromatic N) is 3. The van der Waals surface area contributed by atoms with Gasteiger partial charge in [0.2, 0.25) is 0 Å². The quantitative estimate of drug-likeness (QED) is 0.429. The van der Waals surface area contributed by atoms with Gasteiger partial charge in [-0.1, -0.05) is 27.5 Å². The smallest absolute Gasteiger partial charge is 0.337 e. The van der Waals surface area contributed by atoms with E-state index in [-0.39, 0.29) is 19.6 Å². The molecule has 1 aromatic carbocycles. The number of aromatic nitrogens is 4. The van der Waals surface area contributed by atoms with Gasteiger partial charge in [-0.15, -0.1) is 0 Å². The van der Waals surface area contributed by atoms with Crippen molar-refractivity contribution < 1.29 is 13.9 Å². The lowest BCUT2D eigenvalue weighted by Gasteiger charge is -2.16. The minimum Gasteiger partial charge on any atom is -0.464 e. The molecule has 0 fully saturated rings. The van der Waals surface area contributed by atoms with Gasteiger partial charge < -0.3 is 14.3 Å². The molecule has 1 unspecified atom stereocenters. The number of nitrogens with one attached hydrogen (secondary N) is 1. The lowest BCUT2D eigenvalue weighted by Crippen LogP contribution is -2.25. The van der Waals surface area contributed by atoms with Gasteiger partial charge in [-0.25, -0.2) is 9.18 Å². The van der Waals surface area contributed by atoms with Crippen LogP contribution in [-0.2, 0) is 22.5 Å². The fourth-order valence-electron chi connectivity index (χ4n) is 3.60. The standard InChI is InChI=1S/C18H17BrClFN4O2S/c1-3-27-17(26)16(15-13-4-9(21)6-24(13)18(28)22-15)25-7-10-12(20)5-11(19)8(2)14(10)23-25/h5,7,9,16H,3-4,6H2,1-2H3,(H,22,28)/t9-,16?/m1/s1. The van der Waals surface area contributed by atoms with Gasteiger partial charge in [-0.05, 0) is 37.7 Å². The van der Waals surface area contributed by atoms with Crippen LogP contribution in [-0.4, -0.2) is 38.1 Å². The molecule has 0 saturated carbocycles. The maximum atomic E-state index is 14.0. The van der Waals surface area contributed by atoms with Crippen molar-refractivity contribution in [2.24, 2.45) is 0 Å². The van der Waals surface area contributed by atoms with E-state index < -0.39 is 18.2 Å². The SMILES string of the molecule is CCOC(=O)C(c1[nH]c(=S)n2c1C[C@@H](F)C2)n1cc2c(Cl)cc(Br)c(C)c2n1. The number of hydrogen-bond acceptors (Lipinski definition) is 4. The summed E-state index contributed by atoms with van der Waals surface area (Å²) in [5.41, 5.74) is 2.74. The minimum absolute atomic E-state index is 0.180. The summed E-state index contributed by atoms with van der Waals surface area (Å²) in [6.07, 6.45) is 0.865. The number of carbonyl (C=O) groups is 1. The number of benzene rings is 1.